The van der Waals surface area contributed by atoms with Crippen molar-refractivity contribution in [2.75, 3.05) is 5.73 Å². The molecular weight excluding hydrogens is 180 g/mol. The first-order chi connectivity index (χ1) is 6.20. The monoisotopic (exact) mass is 192 g/mol. The lowest BCUT2D eigenvalue weighted by Crippen LogP contribution is -1.90. The molecule has 0 spiro atoms. The summed E-state index contributed by atoms with van der Waals surface area (Å²) in [4.78, 5) is 6.57. The van der Waals surface area contributed by atoms with Crippen LogP contribution in [0.5, 0.6) is 0 Å². The van der Waals surface area contributed by atoms with Crippen LogP contribution in [0.2, 0.25) is 0 Å². The lowest BCUT2D eigenvalue weighted by atomic mass is 10.1. The first-order valence-electron chi connectivity index (χ1n) is 4.33. The van der Waals surface area contributed by atoms with Gasteiger partial charge in [-0.15, -0.1) is 11.3 Å². The predicted octanol–water partition coefficient (Wildman–Crippen LogP) is 3.00. The average molecular weight is 192 g/mol. The zero-order valence-corrected chi connectivity index (χ0v) is 8.56. The van der Waals surface area contributed by atoms with Gasteiger partial charge in [0, 0.05) is 16.5 Å². The number of thiophene rings is 1. The van der Waals surface area contributed by atoms with E-state index in [0.29, 0.717) is 5.92 Å². The van der Waals surface area contributed by atoms with Gasteiger partial charge in [0.15, 0.2) is 0 Å². The molecule has 0 aliphatic carbocycles. The van der Waals surface area contributed by atoms with Gasteiger partial charge in [0.05, 0.1) is 5.69 Å². The number of nitrogens with zero attached hydrogens (tertiary/aromatic N) is 1. The Labute approximate surface area is 81.4 Å². The van der Waals surface area contributed by atoms with Crippen LogP contribution in [-0.4, -0.2) is 4.98 Å². The minimum Gasteiger partial charge on any atom is -0.397 e. The molecule has 0 amide bonds. The maximum Gasteiger partial charge on any atom is 0.125 e. The molecule has 2 aromatic rings. The maximum atomic E-state index is 6.01. The minimum absolute atomic E-state index is 0.485. The first-order valence-corrected chi connectivity index (χ1v) is 5.14. The van der Waals surface area contributed by atoms with Crippen LogP contribution >= 0.6 is 11.3 Å². The van der Waals surface area contributed by atoms with Crippen molar-refractivity contribution in [3.05, 3.63) is 23.2 Å². The fourth-order valence-corrected chi connectivity index (χ4v) is 2.46. The molecule has 0 saturated heterocycles. The van der Waals surface area contributed by atoms with Crippen LogP contribution in [0.15, 0.2) is 18.3 Å². The molecule has 0 aliphatic heterocycles. The molecule has 13 heavy (non-hydrogen) atoms. The standard InChI is InChI=1S/C10H12N2S/c1-6(2)9-8(11)7-4-3-5-12-10(7)13-9/h3-6H,11H2,1-2H3. The molecule has 2 heterocycles. The van der Waals surface area contributed by atoms with E-state index < -0.39 is 0 Å². The van der Waals surface area contributed by atoms with Crippen LogP contribution in [0.3, 0.4) is 0 Å². The van der Waals surface area contributed by atoms with Crippen molar-refractivity contribution in [2.24, 2.45) is 0 Å². The van der Waals surface area contributed by atoms with Crippen LogP contribution in [0.1, 0.15) is 24.6 Å². The third-order valence-corrected chi connectivity index (χ3v) is 3.49. The molecule has 0 aromatic carbocycles. The summed E-state index contributed by atoms with van der Waals surface area (Å²) in [5, 5.41) is 1.09. The highest BCUT2D eigenvalue weighted by molar-refractivity contribution is 7.19. The minimum atomic E-state index is 0.485. The predicted molar refractivity (Wildman–Crippen MR) is 58.1 cm³/mol. The third kappa shape index (κ3) is 1.29. The molecule has 2 nitrogen and oxygen atoms in total. The SMILES string of the molecule is CC(C)c1sc2ncccc2c1N. The Morgan fingerprint density at radius 2 is 2.23 bits per heavy atom. The molecule has 2 rings (SSSR count). The Bertz CT molecular complexity index is 431. The number of hydrogen-bond acceptors (Lipinski definition) is 3. The second-order valence-electron chi connectivity index (χ2n) is 3.39. The van der Waals surface area contributed by atoms with Crippen molar-refractivity contribution < 1.29 is 0 Å². The van der Waals surface area contributed by atoms with E-state index in [-0.39, 0.29) is 0 Å². The Kier molecular flexibility index (Phi) is 1.96. The summed E-state index contributed by atoms with van der Waals surface area (Å²) in [5.41, 5.74) is 6.92. The van der Waals surface area contributed by atoms with Crippen molar-refractivity contribution in [2.45, 2.75) is 19.8 Å². The Balaban J connectivity index is 2.74. The highest BCUT2D eigenvalue weighted by Crippen LogP contribution is 2.36. The number of nitrogens with two attached hydrogens (primary N) is 1. The second kappa shape index (κ2) is 3.00. The van der Waals surface area contributed by atoms with Crippen LogP contribution in [-0.2, 0) is 0 Å². The van der Waals surface area contributed by atoms with Gasteiger partial charge in [-0.25, -0.2) is 4.98 Å². The molecule has 0 atom stereocenters. The zero-order chi connectivity index (χ0) is 9.42. The third-order valence-electron chi connectivity index (χ3n) is 2.06. The van der Waals surface area contributed by atoms with E-state index in [1.54, 1.807) is 11.3 Å². The van der Waals surface area contributed by atoms with E-state index in [1.165, 1.54) is 4.88 Å². The summed E-state index contributed by atoms with van der Waals surface area (Å²) in [7, 11) is 0. The Morgan fingerprint density at radius 3 is 2.85 bits per heavy atom. The molecule has 3 heteroatoms. The lowest BCUT2D eigenvalue weighted by molar-refractivity contribution is 0.893. The van der Waals surface area contributed by atoms with E-state index >= 15 is 0 Å². The van der Waals surface area contributed by atoms with Crippen LogP contribution < -0.4 is 5.73 Å². The summed E-state index contributed by atoms with van der Waals surface area (Å²) in [6.45, 7) is 4.31. The van der Waals surface area contributed by atoms with Crippen LogP contribution in [0, 0.1) is 0 Å². The molecule has 2 aromatic heterocycles. The van der Waals surface area contributed by atoms with Crippen molar-refractivity contribution in [3.8, 4) is 0 Å². The summed E-state index contributed by atoms with van der Waals surface area (Å²) in [6.07, 6.45) is 1.81. The molecule has 0 saturated carbocycles. The molecule has 68 valence electrons. The van der Waals surface area contributed by atoms with Crippen molar-refractivity contribution in [1.82, 2.24) is 4.98 Å². The van der Waals surface area contributed by atoms with Crippen molar-refractivity contribution in [3.63, 3.8) is 0 Å². The molecule has 0 unspecified atom stereocenters. The largest absolute Gasteiger partial charge is 0.397 e. The number of fused-ring (bicyclic) bond motifs is 1. The van der Waals surface area contributed by atoms with Gasteiger partial charge < -0.3 is 5.73 Å². The molecule has 2 N–H and O–H groups in total. The van der Waals surface area contributed by atoms with Gasteiger partial charge in [-0.2, -0.15) is 0 Å². The molecule has 0 radical (unpaired) electrons. The van der Waals surface area contributed by atoms with Crippen molar-refractivity contribution >= 4 is 27.2 Å². The van der Waals surface area contributed by atoms with Gasteiger partial charge >= 0.3 is 0 Å². The number of anilines is 1. The van der Waals surface area contributed by atoms with E-state index in [9.17, 15) is 0 Å². The number of hydrogen-bond donors (Lipinski definition) is 1. The van der Waals surface area contributed by atoms with Gasteiger partial charge in [0.1, 0.15) is 4.83 Å². The fraction of sp³-hybridized carbons (Fsp3) is 0.300. The normalized spacial score (nSPS) is 11.3. The number of nitrogen functional groups attached to an aromatic ring is 1. The quantitative estimate of drug-likeness (QED) is 0.754. The topological polar surface area (TPSA) is 38.9 Å². The van der Waals surface area contributed by atoms with Gasteiger partial charge in [-0.05, 0) is 18.1 Å². The smallest absolute Gasteiger partial charge is 0.125 e. The maximum absolute atomic E-state index is 6.01. The van der Waals surface area contributed by atoms with Gasteiger partial charge in [0.2, 0.25) is 0 Å². The van der Waals surface area contributed by atoms with Gasteiger partial charge in [-0.3, -0.25) is 0 Å². The lowest BCUT2D eigenvalue weighted by Gasteiger charge is -2.00. The molecule has 0 fully saturated rings. The van der Waals surface area contributed by atoms with Crippen LogP contribution in [0.4, 0.5) is 5.69 Å². The Hall–Kier alpha value is -1.09. The van der Waals surface area contributed by atoms with Gasteiger partial charge in [0.25, 0.3) is 0 Å². The number of rotatable bonds is 1. The summed E-state index contributed by atoms with van der Waals surface area (Å²) in [6, 6.07) is 3.95. The fourth-order valence-electron chi connectivity index (χ4n) is 1.40. The van der Waals surface area contributed by atoms with E-state index in [4.69, 9.17) is 5.73 Å². The highest BCUT2D eigenvalue weighted by atomic mass is 32.1. The van der Waals surface area contributed by atoms with Gasteiger partial charge in [-0.1, -0.05) is 13.8 Å². The van der Waals surface area contributed by atoms with E-state index in [2.05, 4.69) is 18.8 Å². The molecule has 0 aliphatic rings. The highest BCUT2D eigenvalue weighted by Gasteiger charge is 2.11. The summed E-state index contributed by atoms with van der Waals surface area (Å²) in [5.74, 6) is 0.485. The Morgan fingerprint density at radius 1 is 1.46 bits per heavy atom. The zero-order valence-electron chi connectivity index (χ0n) is 7.74. The van der Waals surface area contributed by atoms with E-state index in [1.807, 2.05) is 18.3 Å². The van der Waals surface area contributed by atoms with E-state index in [0.717, 1.165) is 15.9 Å². The second-order valence-corrected chi connectivity index (χ2v) is 4.42. The molecular formula is C10H12N2S. The summed E-state index contributed by atoms with van der Waals surface area (Å²) < 4.78 is 0. The molecule has 0 bridgehead atoms. The van der Waals surface area contributed by atoms with Crippen molar-refractivity contribution in [1.29, 1.82) is 0 Å². The first kappa shape index (κ1) is 8.51. The summed E-state index contributed by atoms with van der Waals surface area (Å²) >= 11 is 1.70. The van der Waals surface area contributed by atoms with Crippen LogP contribution in [0.25, 0.3) is 10.2 Å². The number of pyridine rings is 1. The average Bonchev–Trinajstić information content (AvgIpc) is 2.45. The number of aromatic nitrogens is 1.